The minimum absolute atomic E-state index is 0.373. The molecule has 1 unspecified atom stereocenters. The second-order valence-corrected chi connectivity index (χ2v) is 4.90. The van der Waals surface area contributed by atoms with Crippen LogP contribution in [0.1, 0.15) is 5.56 Å². The second kappa shape index (κ2) is 4.17. The third-order valence-electron chi connectivity index (χ3n) is 2.55. The van der Waals surface area contributed by atoms with Gasteiger partial charge in [0.2, 0.25) is 0 Å². The molecule has 0 fully saturated rings. The average Bonchev–Trinajstić information content (AvgIpc) is 2.28. The topological polar surface area (TPSA) is 9.23 Å². The van der Waals surface area contributed by atoms with Crippen molar-refractivity contribution in [1.29, 1.82) is 0 Å². The summed E-state index contributed by atoms with van der Waals surface area (Å²) in [5.74, 6) is 4.01. The largest absolute Gasteiger partial charge is 0.322 e. The molecule has 2 aromatic carbocycles. The van der Waals surface area contributed by atoms with E-state index in [1.165, 1.54) is 21.2 Å². The van der Waals surface area contributed by atoms with Gasteiger partial charge in [0.05, 0.1) is 7.11 Å². The van der Waals surface area contributed by atoms with Crippen LogP contribution in [-0.2, 0) is 4.18 Å². The number of benzene rings is 2. The SMILES string of the molecule is C=S(OC)c1cccc2c(C)cccc12. The standard InChI is InChI=1S/C13H14OS/c1-10-6-4-8-12-11(10)7-5-9-13(12)15(3)14-2/h4-9H,3H2,1-2H3. The van der Waals surface area contributed by atoms with E-state index in [0.717, 1.165) is 0 Å². The predicted molar refractivity (Wildman–Crippen MR) is 68.7 cm³/mol. The molecule has 0 spiro atoms. The Labute approximate surface area is 92.8 Å². The molecular formula is C13H14OS. The second-order valence-electron chi connectivity index (χ2n) is 3.44. The van der Waals surface area contributed by atoms with Gasteiger partial charge in [0, 0.05) is 4.90 Å². The maximum Gasteiger partial charge on any atom is 0.0500 e. The van der Waals surface area contributed by atoms with E-state index in [1.54, 1.807) is 7.11 Å². The van der Waals surface area contributed by atoms with Gasteiger partial charge in [0.1, 0.15) is 0 Å². The summed E-state index contributed by atoms with van der Waals surface area (Å²) >= 11 is 0. The number of hydrogen-bond donors (Lipinski definition) is 0. The summed E-state index contributed by atoms with van der Waals surface area (Å²) in [6.45, 7) is 2.13. The van der Waals surface area contributed by atoms with Crippen molar-refractivity contribution in [3.63, 3.8) is 0 Å². The van der Waals surface area contributed by atoms with E-state index in [0.29, 0.717) is 0 Å². The van der Waals surface area contributed by atoms with Gasteiger partial charge in [-0.2, -0.15) is 0 Å². The highest BCUT2D eigenvalue weighted by molar-refractivity contribution is 8.10. The quantitative estimate of drug-likeness (QED) is 0.697. The van der Waals surface area contributed by atoms with Crippen LogP contribution in [0.3, 0.4) is 0 Å². The van der Waals surface area contributed by atoms with Crippen LogP contribution >= 0.6 is 10.8 Å². The molecule has 0 radical (unpaired) electrons. The van der Waals surface area contributed by atoms with Crippen LogP contribution in [0.2, 0.25) is 0 Å². The van der Waals surface area contributed by atoms with Crippen molar-refractivity contribution < 1.29 is 4.18 Å². The lowest BCUT2D eigenvalue weighted by atomic mass is 10.1. The highest BCUT2D eigenvalue weighted by Crippen LogP contribution is 2.33. The number of fused-ring (bicyclic) bond motifs is 1. The zero-order chi connectivity index (χ0) is 10.8. The van der Waals surface area contributed by atoms with Gasteiger partial charge < -0.3 is 4.18 Å². The Morgan fingerprint density at radius 1 is 1.07 bits per heavy atom. The van der Waals surface area contributed by atoms with E-state index in [1.807, 2.05) is 0 Å². The van der Waals surface area contributed by atoms with Crippen molar-refractivity contribution in [2.75, 3.05) is 7.11 Å². The zero-order valence-corrected chi connectivity index (χ0v) is 9.80. The van der Waals surface area contributed by atoms with Crippen LogP contribution in [0, 0.1) is 6.92 Å². The monoisotopic (exact) mass is 218 g/mol. The van der Waals surface area contributed by atoms with Crippen molar-refractivity contribution in [2.24, 2.45) is 0 Å². The average molecular weight is 218 g/mol. The minimum atomic E-state index is -0.373. The summed E-state index contributed by atoms with van der Waals surface area (Å²) in [4.78, 5) is 1.18. The Morgan fingerprint density at radius 2 is 1.73 bits per heavy atom. The Morgan fingerprint density at radius 3 is 2.47 bits per heavy atom. The highest BCUT2D eigenvalue weighted by Gasteiger charge is 2.03. The predicted octanol–water partition coefficient (Wildman–Crippen LogP) is 3.77. The van der Waals surface area contributed by atoms with Crippen LogP contribution < -0.4 is 0 Å². The van der Waals surface area contributed by atoms with Gasteiger partial charge in [-0.15, -0.1) is 0 Å². The first-order chi connectivity index (χ1) is 7.24. The Balaban J connectivity index is 2.77. The fraction of sp³-hybridized carbons (Fsp3) is 0.154. The minimum Gasteiger partial charge on any atom is -0.322 e. The van der Waals surface area contributed by atoms with Crippen molar-refractivity contribution in [1.82, 2.24) is 0 Å². The molecule has 0 N–H and O–H groups in total. The molecule has 2 aromatic rings. The maximum atomic E-state index is 5.30. The van der Waals surface area contributed by atoms with Crippen molar-refractivity contribution in [2.45, 2.75) is 11.8 Å². The molecule has 1 atom stereocenters. The summed E-state index contributed by atoms with van der Waals surface area (Å²) in [5, 5.41) is 2.53. The van der Waals surface area contributed by atoms with Crippen LogP contribution in [0.4, 0.5) is 0 Å². The van der Waals surface area contributed by atoms with Gasteiger partial charge in [0.25, 0.3) is 0 Å². The fourth-order valence-corrected chi connectivity index (χ4v) is 2.56. The maximum absolute atomic E-state index is 5.30. The van der Waals surface area contributed by atoms with Crippen LogP contribution in [-0.4, -0.2) is 13.0 Å². The van der Waals surface area contributed by atoms with Crippen LogP contribution in [0.5, 0.6) is 0 Å². The summed E-state index contributed by atoms with van der Waals surface area (Å²) in [7, 11) is 1.33. The molecule has 0 aromatic heterocycles. The smallest absolute Gasteiger partial charge is 0.0500 e. The van der Waals surface area contributed by atoms with Gasteiger partial charge in [-0.05, 0) is 46.0 Å². The van der Waals surface area contributed by atoms with Gasteiger partial charge in [0.15, 0.2) is 0 Å². The van der Waals surface area contributed by atoms with E-state index in [9.17, 15) is 0 Å². The molecule has 78 valence electrons. The summed E-state index contributed by atoms with van der Waals surface area (Å²) in [6, 6.07) is 12.6. The Bertz CT molecular complexity index is 517. The molecule has 0 saturated heterocycles. The van der Waals surface area contributed by atoms with E-state index in [-0.39, 0.29) is 10.8 Å². The third kappa shape index (κ3) is 1.83. The summed E-state index contributed by atoms with van der Waals surface area (Å²) < 4.78 is 5.30. The van der Waals surface area contributed by atoms with E-state index >= 15 is 0 Å². The Hall–Kier alpha value is -1.12. The van der Waals surface area contributed by atoms with Gasteiger partial charge in [-0.25, -0.2) is 0 Å². The van der Waals surface area contributed by atoms with Gasteiger partial charge in [-0.1, -0.05) is 30.3 Å². The lowest BCUT2D eigenvalue weighted by Crippen LogP contribution is -1.83. The molecule has 0 aliphatic carbocycles. The Kier molecular flexibility index (Phi) is 2.89. The number of hydrogen-bond acceptors (Lipinski definition) is 1. The molecule has 2 rings (SSSR count). The summed E-state index contributed by atoms with van der Waals surface area (Å²) in [5.41, 5.74) is 1.29. The van der Waals surface area contributed by atoms with Crippen molar-refractivity contribution in [3.8, 4) is 0 Å². The first-order valence-corrected chi connectivity index (χ1v) is 6.12. The van der Waals surface area contributed by atoms with E-state index in [2.05, 4.69) is 49.2 Å². The lowest BCUT2D eigenvalue weighted by Gasteiger charge is -2.09. The van der Waals surface area contributed by atoms with Gasteiger partial charge >= 0.3 is 0 Å². The molecule has 1 nitrogen and oxygen atoms in total. The van der Waals surface area contributed by atoms with E-state index in [4.69, 9.17) is 4.18 Å². The molecule has 0 aliphatic rings. The number of rotatable bonds is 2. The molecule has 15 heavy (non-hydrogen) atoms. The van der Waals surface area contributed by atoms with E-state index < -0.39 is 0 Å². The highest BCUT2D eigenvalue weighted by atomic mass is 32.2. The molecule has 0 amide bonds. The van der Waals surface area contributed by atoms with Gasteiger partial charge in [-0.3, -0.25) is 0 Å². The summed E-state index contributed by atoms with van der Waals surface area (Å²) in [6.07, 6.45) is 0. The van der Waals surface area contributed by atoms with Crippen LogP contribution in [0.25, 0.3) is 10.8 Å². The zero-order valence-electron chi connectivity index (χ0n) is 8.99. The molecule has 0 heterocycles. The molecule has 0 saturated carbocycles. The first-order valence-electron chi connectivity index (χ1n) is 4.81. The fourth-order valence-electron chi connectivity index (χ4n) is 1.73. The number of aryl methyl sites for hydroxylation is 1. The molecule has 2 heteroatoms. The lowest BCUT2D eigenvalue weighted by molar-refractivity contribution is 0.488. The normalized spacial score (nSPS) is 12.9. The third-order valence-corrected chi connectivity index (χ3v) is 3.80. The molecule has 0 aliphatic heterocycles. The first kappa shape index (κ1) is 10.4. The van der Waals surface area contributed by atoms with Crippen molar-refractivity contribution in [3.05, 3.63) is 42.0 Å². The molecular weight excluding hydrogens is 204 g/mol. The van der Waals surface area contributed by atoms with Crippen LogP contribution in [0.15, 0.2) is 41.3 Å². The van der Waals surface area contributed by atoms with Crippen molar-refractivity contribution >= 4 is 27.4 Å². The molecule has 0 bridgehead atoms.